The van der Waals surface area contributed by atoms with Crippen LogP contribution in [0.25, 0.3) is 22.7 Å². The molecule has 186 valence electrons. The fourth-order valence-electron chi connectivity index (χ4n) is 5.29. The summed E-state index contributed by atoms with van der Waals surface area (Å²) in [5.74, 6) is 3.08. The van der Waals surface area contributed by atoms with Crippen LogP contribution in [0.5, 0.6) is 0 Å². The van der Waals surface area contributed by atoms with Crippen molar-refractivity contribution >= 4 is 5.91 Å². The van der Waals surface area contributed by atoms with Crippen LogP contribution in [0.1, 0.15) is 31.9 Å². The molecule has 1 amide bonds. The lowest BCUT2D eigenvalue weighted by Crippen LogP contribution is -2.51. The van der Waals surface area contributed by atoms with Gasteiger partial charge in [-0.3, -0.25) is 14.6 Å². The average molecular weight is 479 g/mol. The molecule has 0 saturated carbocycles. The summed E-state index contributed by atoms with van der Waals surface area (Å²) in [6.07, 6.45) is 1.21. The number of benzene rings is 1. The summed E-state index contributed by atoms with van der Waals surface area (Å²) in [5.41, 5.74) is 2.38. The topological polar surface area (TPSA) is 91.7 Å². The van der Waals surface area contributed by atoms with Crippen LogP contribution in [0, 0.1) is 18.8 Å². The van der Waals surface area contributed by atoms with Crippen molar-refractivity contribution in [3.63, 3.8) is 0 Å². The third kappa shape index (κ3) is 5.46. The molecule has 2 aliphatic heterocycles. The first-order valence-corrected chi connectivity index (χ1v) is 12.5. The number of hydrogen-bond acceptors (Lipinski definition) is 8. The number of likely N-dealkylation sites (tertiary alicyclic amines) is 1. The highest BCUT2D eigenvalue weighted by Gasteiger charge is 2.28. The van der Waals surface area contributed by atoms with E-state index in [-0.39, 0.29) is 5.91 Å². The van der Waals surface area contributed by atoms with E-state index in [4.69, 9.17) is 8.94 Å². The lowest BCUT2D eigenvalue weighted by molar-refractivity contribution is -0.135. The Kier molecular flexibility index (Phi) is 6.97. The summed E-state index contributed by atoms with van der Waals surface area (Å²) in [5, 5.41) is 12.8. The number of carbonyl (C=O) groups is 1. The van der Waals surface area contributed by atoms with Gasteiger partial charge in [-0.15, -0.1) is 10.2 Å². The van der Waals surface area contributed by atoms with Crippen LogP contribution in [0.3, 0.4) is 0 Å². The fourth-order valence-corrected chi connectivity index (χ4v) is 5.29. The van der Waals surface area contributed by atoms with Crippen molar-refractivity contribution in [3.8, 4) is 22.7 Å². The molecule has 0 bridgehead atoms. The van der Waals surface area contributed by atoms with Crippen LogP contribution in [0.2, 0.25) is 0 Å². The molecule has 1 aromatic carbocycles. The lowest BCUT2D eigenvalue weighted by atomic mass is 9.92. The number of aromatic nitrogens is 3. The van der Waals surface area contributed by atoms with E-state index in [2.05, 4.69) is 43.9 Å². The van der Waals surface area contributed by atoms with Crippen molar-refractivity contribution in [2.45, 2.75) is 33.7 Å². The van der Waals surface area contributed by atoms with Gasteiger partial charge in [-0.25, -0.2) is 0 Å². The maximum atomic E-state index is 12.8. The summed E-state index contributed by atoms with van der Waals surface area (Å²) in [6, 6.07) is 9.85. The summed E-state index contributed by atoms with van der Waals surface area (Å²) in [7, 11) is 0. The summed E-state index contributed by atoms with van der Waals surface area (Å²) >= 11 is 0. The third-order valence-corrected chi connectivity index (χ3v) is 6.99. The van der Waals surface area contributed by atoms with Crippen molar-refractivity contribution < 1.29 is 13.7 Å². The van der Waals surface area contributed by atoms with E-state index in [1.165, 1.54) is 6.42 Å². The Bertz CT molecular complexity index is 1130. The van der Waals surface area contributed by atoms with Crippen LogP contribution >= 0.6 is 0 Å². The highest BCUT2D eigenvalue weighted by Crippen LogP contribution is 2.33. The maximum absolute atomic E-state index is 12.8. The van der Waals surface area contributed by atoms with Crippen molar-refractivity contribution in [3.05, 3.63) is 42.0 Å². The molecular weight excluding hydrogens is 444 g/mol. The summed E-state index contributed by atoms with van der Waals surface area (Å²) in [4.78, 5) is 19.4. The molecule has 2 aliphatic rings. The molecule has 2 fully saturated rings. The Morgan fingerprint density at radius 2 is 1.69 bits per heavy atom. The van der Waals surface area contributed by atoms with E-state index in [9.17, 15) is 4.79 Å². The van der Waals surface area contributed by atoms with Crippen molar-refractivity contribution in [1.29, 1.82) is 0 Å². The Balaban J connectivity index is 1.16. The van der Waals surface area contributed by atoms with Gasteiger partial charge in [0.05, 0.1) is 13.1 Å². The number of piperazine rings is 1. The number of aryl methyl sites for hydroxylation is 1. The number of hydrogen-bond donors (Lipinski definition) is 0. The van der Waals surface area contributed by atoms with Gasteiger partial charge in [0.25, 0.3) is 5.89 Å². The van der Waals surface area contributed by atoms with E-state index in [1.807, 2.05) is 37.3 Å². The first-order chi connectivity index (χ1) is 17.0. The van der Waals surface area contributed by atoms with E-state index < -0.39 is 0 Å². The molecule has 2 aromatic heterocycles. The van der Waals surface area contributed by atoms with Gasteiger partial charge >= 0.3 is 0 Å². The zero-order valence-electron chi connectivity index (χ0n) is 20.8. The highest BCUT2D eigenvalue weighted by molar-refractivity contribution is 5.78. The first kappa shape index (κ1) is 23.7. The second-order valence-corrected chi connectivity index (χ2v) is 10.1. The monoisotopic (exact) mass is 478 g/mol. The molecule has 2 saturated heterocycles. The van der Waals surface area contributed by atoms with E-state index >= 15 is 0 Å². The number of carbonyl (C=O) groups excluding carboxylic acids is 1. The van der Waals surface area contributed by atoms with Crippen LogP contribution in [-0.4, -0.2) is 81.8 Å². The van der Waals surface area contributed by atoms with Crippen molar-refractivity contribution in [2.24, 2.45) is 11.8 Å². The predicted octanol–water partition coefficient (Wildman–Crippen LogP) is 3.32. The molecule has 2 atom stereocenters. The molecule has 35 heavy (non-hydrogen) atoms. The molecule has 3 aromatic rings. The predicted molar refractivity (Wildman–Crippen MR) is 131 cm³/mol. The van der Waals surface area contributed by atoms with Gasteiger partial charge in [0.2, 0.25) is 11.8 Å². The molecular formula is C26H34N6O3. The van der Waals surface area contributed by atoms with Crippen molar-refractivity contribution in [2.75, 3.05) is 45.8 Å². The molecule has 0 aliphatic carbocycles. The number of nitrogens with zero attached hydrogens (tertiary/aromatic N) is 6. The second kappa shape index (κ2) is 10.3. The Hall–Kier alpha value is -3.04. The van der Waals surface area contributed by atoms with Gasteiger partial charge in [0.1, 0.15) is 17.0 Å². The summed E-state index contributed by atoms with van der Waals surface area (Å²) in [6.45, 7) is 12.6. The maximum Gasteiger partial charge on any atom is 0.253 e. The minimum absolute atomic E-state index is 0.261. The zero-order chi connectivity index (χ0) is 24.4. The number of rotatable bonds is 6. The SMILES string of the molecule is Cc1onc(-c2ccccc2)c1-c1nnc(CN2CCN(CC(=O)N3CC(C)CC(C)C3)CC2)o1. The molecule has 2 unspecified atom stereocenters. The molecule has 5 rings (SSSR count). The van der Waals surface area contributed by atoms with E-state index in [1.54, 1.807) is 0 Å². The molecule has 0 radical (unpaired) electrons. The summed E-state index contributed by atoms with van der Waals surface area (Å²) < 4.78 is 11.5. The Labute approximate surface area is 206 Å². The molecule has 9 heteroatoms. The quantitative estimate of drug-likeness (QED) is 0.533. The van der Waals surface area contributed by atoms with Gasteiger partial charge in [0, 0.05) is 44.8 Å². The van der Waals surface area contributed by atoms with Gasteiger partial charge < -0.3 is 13.8 Å². The smallest absolute Gasteiger partial charge is 0.253 e. The molecule has 4 heterocycles. The normalized spacial score (nSPS) is 22.0. The van der Waals surface area contributed by atoms with Crippen LogP contribution < -0.4 is 0 Å². The van der Waals surface area contributed by atoms with E-state index in [0.717, 1.165) is 50.4 Å². The first-order valence-electron chi connectivity index (χ1n) is 12.5. The number of piperidine rings is 1. The average Bonchev–Trinajstić information content (AvgIpc) is 3.46. The fraction of sp³-hybridized carbons (Fsp3) is 0.538. The lowest BCUT2D eigenvalue weighted by Gasteiger charge is -2.38. The molecule has 9 nitrogen and oxygen atoms in total. The van der Waals surface area contributed by atoms with Crippen LogP contribution in [0.15, 0.2) is 39.3 Å². The Morgan fingerprint density at radius 1 is 1.00 bits per heavy atom. The molecule has 0 spiro atoms. The van der Waals surface area contributed by atoms with Crippen molar-refractivity contribution in [1.82, 2.24) is 30.1 Å². The highest BCUT2D eigenvalue weighted by atomic mass is 16.5. The van der Waals surface area contributed by atoms with Gasteiger partial charge in [-0.1, -0.05) is 49.3 Å². The second-order valence-electron chi connectivity index (χ2n) is 10.1. The van der Waals surface area contributed by atoms with E-state index in [0.29, 0.717) is 48.2 Å². The third-order valence-electron chi connectivity index (χ3n) is 6.99. The Morgan fingerprint density at radius 3 is 2.40 bits per heavy atom. The van der Waals surface area contributed by atoms with Crippen LogP contribution in [-0.2, 0) is 11.3 Å². The molecule has 0 N–H and O–H groups in total. The van der Waals surface area contributed by atoms with Gasteiger partial charge in [-0.2, -0.15) is 0 Å². The number of amides is 1. The van der Waals surface area contributed by atoms with Crippen LogP contribution in [0.4, 0.5) is 0 Å². The zero-order valence-corrected chi connectivity index (χ0v) is 20.8. The van der Waals surface area contributed by atoms with Gasteiger partial charge in [0.15, 0.2) is 0 Å². The minimum Gasteiger partial charge on any atom is -0.419 e. The van der Waals surface area contributed by atoms with Gasteiger partial charge in [-0.05, 0) is 25.2 Å². The largest absolute Gasteiger partial charge is 0.419 e. The standard InChI is InChI=1S/C26H34N6O3/c1-18-13-19(2)15-32(14-18)23(33)17-31-11-9-30(10-12-31)16-22-27-28-26(34-22)24-20(3)35-29-25(24)21-7-5-4-6-8-21/h4-8,18-19H,9-17H2,1-3H3. The minimum atomic E-state index is 0.261.